The van der Waals surface area contributed by atoms with E-state index >= 15 is 0 Å². The molecule has 1 aliphatic rings. The van der Waals surface area contributed by atoms with E-state index in [-0.39, 0.29) is 6.03 Å². The second kappa shape index (κ2) is 8.71. The number of benzene rings is 1. The first-order valence-electron chi connectivity index (χ1n) is 9.26. The number of hydrogen-bond donors (Lipinski definition) is 1. The maximum Gasteiger partial charge on any atom is 0.321 e. The first kappa shape index (κ1) is 19.6. The van der Waals surface area contributed by atoms with Gasteiger partial charge in [-0.2, -0.15) is 0 Å². The van der Waals surface area contributed by atoms with Crippen molar-refractivity contribution in [3.05, 3.63) is 40.7 Å². The van der Waals surface area contributed by atoms with Gasteiger partial charge in [0.2, 0.25) is 0 Å². The van der Waals surface area contributed by atoms with Crippen LogP contribution in [0.1, 0.15) is 24.1 Å². The number of anilines is 1. The lowest BCUT2D eigenvalue weighted by Gasteiger charge is -2.32. The number of halogens is 1. The van der Waals surface area contributed by atoms with E-state index in [1.807, 2.05) is 48.9 Å². The second-order valence-corrected chi connectivity index (χ2v) is 7.93. The summed E-state index contributed by atoms with van der Waals surface area (Å²) in [5.41, 5.74) is 2.75. The van der Waals surface area contributed by atoms with Gasteiger partial charge in [0.25, 0.3) is 0 Å². The second-order valence-electron chi connectivity index (χ2n) is 7.49. The number of urea groups is 1. The lowest BCUT2D eigenvalue weighted by atomic mass is 9.97. The molecule has 0 unspecified atom stereocenters. The molecule has 1 aromatic heterocycles. The predicted molar refractivity (Wildman–Crippen MR) is 107 cm³/mol. The molecule has 0 radical (unpaired) electrons. The number of rotatable bonds is 5. The third-order valence-electron chi connectivity index (χ3n) is 4.84. The van der Waals surface area contributed by atoms with Gasteiger partial charge in [-0.15, -0.1) is 5.10 Å². The van der Waals surface area contributed by atoms with E-state index in [1.165, 1.54) is 0 Å². The summed E-state index contributed by atoms with van der Waals surface area (Å²) >= 11 is 5.97. The van der Waals surface area contributed by atoms with Gasteiger partial charge in [-0.3, -0.25) is 4.68 Å². The molecule has 7 nitrogen and oxygen atoms in total. The summed E-state index contributed by atoms with van der Waals surface area (Å²) in [6.45, 7) is 5.09. The highest BCUT2D eigenvalue weighted by Gasteiger charge is 2.23. The van der Waals surface area contributed by atoms with Gasteiger partial charge in [-0.05, 0) is 63.5 Å². The molecule has 0 aliphatic carbocycles. The van der Waals surface area contributed by atoms with Crippen molar-refractivity contribution in [1.82, 2.24) is 24.8 Å². The van der Waals surface area contributed by atoms with Gasteiger partial charge in [0, 0.05) is 43.1 Å². The number of hydrogen-bond acceptors (Lipinski definition) is 4. The van der Waals surface area contributed by atoms with Crippen LogP contribution in [0, 0.1) is 12.8 Å². The fourth-order valence-electron chi connectivity index (χ4n) is 3.37. The fourth-order valence-corrected chi connectivity index (χ4v) is 3.60. The lowest BCUT2D eigenvalue weighted by molar-refractivity contribution is 0.175. The Morgan fingerprint density at radius 2 is 2.07 bits per heavy atom. The summed E-state index contributed by atoms with van der Waals surface area (Å²) < 4.78 is 1.93. The molecule has 8 heteroatoms. The van der Waals surface area contributed by atoms with Crippen LogP contribution in [0.3, 0.4) is 0 Å². The zero-order valence-corrected chi connectivity index (χ0v) is 16.9. The number of nitrogens with zero attached hydrogens (tertiary/aromatic N) is 5. The molecule has 3 rings (SSSR count). The van der Waals surface area contributed by atoms with Crippen LogP contribution in [0.15, 0.2) is 24.4 Å². The SMILES string of the molecule is Cc1cc(Cl)ccc1NC(=O)N1CCC(Cn2cc(CN(C)C)nn2)CC1. The number of likely N-dealkylation sites (tertiary alicyclic amines) is 1. The monoisotopic (exact) mass is 390 g/mol. The number of amides is 2. The van der Waals surface area contributed by atoms with Crippen molar-refractivity contribution in [3.63, 3.8) is 0 Å². The van der Waals surface area contributed by atoms with Gasteiger partial charge < -0.3 is 15.1 Å². The Morgan fingerprint density at radius 3 is 2.74 bits per heavy atom. The van der Waals surface area contributed by atoms with Crippen molar-refractivity contribution in [3.8, 4) is 0 Å². The minimum atomic E-state index is -0.0482. The molecule has 2 heterocycles. The molecule has 27 heavy (non-hydrogen) atoms. The predicted octanol–water partition coefficient (Wildman–Crippen LogP) is 3.25. The van der Waals surface area contributed by atoms with Crippen LogP contribution in [0.25, 0.3) is 0 Å². The van der Waals surface area contributed by atoms with Crippen molar-refractivity contribution in [2.24, 2.45) is 5.92 Å². The van der Waals surface area contributed by atoms with Crippen LogP contribution in [-0.2, 0) is 13.1 Å². The van der Waals surface area contributed by atoms with E-state index in [4.69, 9.17) is 11.6 Å². The summed E-state index contributed by atoms with van der Waals surface area (Å²) in [5.74, 6) is 0.514. The summed E-state index contributed by atoms with van der Waals surface area (Å²) in [6, 6.07) is 5.44. The smallest absolute Gasteiger partial charge is 0.321 e. The van der Waals surface area contributed by atoms with E-state index < -0.39 is 0 Å². The molecule has 1 fully saturated rings. The lowest BCUT2D eigenvalue weighted by Crippen LogP contribution is -2.41. The fraction of sp³-hybridized carbons (Fsp3) is 0.526. The molecule has 0 saturated carbocycles. The standard InChI is InChI=1S/C19H27ClN6O/c1-14-10-16(20)4-5-18(14)21-19(27)25-8-6-15(7-9-25)11-26-13-17(22-23-26)12-24(2)3/h4-5,10,13,15H,6-9,11-12H2,1-3H3,(H,21,27). The Bertz CT molecular complexity index is 782. The van der Waals surface area contributed by atoms with Crippen molar-refractivity contribution in [2.45, 2.75) is 32.9 Å². The number of nitrogens with one attached hydrogen (secondary N) is 1. The van der Waals surface area contributed by atoms with Crippen molar-refractivity contribution >= 4 is 23.3 Å². The molecule has 2 aromatic rings. The summed E-state index contributed by atoms with van der Waals surface area (Å²) in [5, 5.41) is 12.1. The molecular formula is C19H27ClN6O. The first-order chi connectivity index (χ1) is 12.9. The van der Waals surface area contributed by atoms with Gasteiger partial charge in [0.15, 0.2) is 0 Å². The van der Waals surface area contributed by atoms with Crippen molar-refractivity contribution in [2.75, 3.05) is 32.5 Å². The molecule has 0 spiro atoms. The van der Waals surface area contributed by atoms with Crippen LogP contribution >= 0.6 is 11.6 Å². The van der Waals surface area contributed by atoms with E-state index in [0.717, 1.165) is 56.0 Å². The molecule has 0 bridgehead atoms. The number of aryl methyl sites for hydroxylation is 1. The zero-order chi connectivity index (χ0) is 19.4. The van der Waals surface area contributed by atoms with Gasteiger partial charge >= 0.3 is 6.03 Å². The van der Waals surface area contributed by atoms with Crippen molar-refractivity contribution in [1.29, 1.82) is 0 Å². The minimum absolute atomic E-state index is 0.0482. The molecule has 1 aromatic carbocycles. The molecule has 146 valence electrons. The largest absolute Gasteiger partial charge is 0.325 e. The summed E-state index contributed by atoms with van der Waals surface area (Å²) in [4.78, 5) is 16.5. The maximum absolute atomic E-state index is 12.5. The number of carbonyl (C=O) groups is 1. The highest BCUT2D eigenvalue weighted by molar-refractivity contribution is 6.30. The van der Waals surface area contributed by atoms with Gasteiger partial charge in [0.05, 0.1) is 5.69 Å². The molecular weight excluding hydrogens is 364 g/mol. The zero-order valence-electron chi connectivity index (χ0n) is 16.2. The number of piperidine rings is 1. The van der Waals surface area contributed by atoms with Crippen LogP contribution in [0.4, 0.5) is 10.5 Å². The Kier molecular flexibility index (Phi) is 6.34. The van der Waals surface area contributed by atoms with Crippen LogP contribution in [0.2, 0.25) is 5.02 Å². The van der Waals surface area contributed by atoms with Gasteiger partial charge in [-0.1, -0.05) is 16.8 Å². The molecule has 1 saturated heterocycles. The average molecular weight is 391 g/mol. The highest BCUT2D eigenvalue weighted by atomic mass is 35.5. The molecule has 2 amide bonds. The highest BCUT2D eigenvalue weighted by Crippen LogP contribution is 2.22. The van der Waals surface area contributed by atoms with E-state index in [9.17, 15) is 4.79 Å². The molecule has 1 N–H and O–H groups in total. The van der Waals surface area contributed by atoms with Crippen LogP contribution in [-0.4, -0.2) is 58.0 Å². The van der Waals surface area contributed by atoms with Gasteiger partial charge in [0.1, 0.15) is 0 Å². The van der Waals surface area contributed by atoms with Crippen molar-refractivity contribution < 1.29 is 4.79 Å². The van der Waals surface area contributed by atoms with E-state index in [0.29, 0.717) is 10.9 Å². The maximum atomic E-state index is 12.5. The average Bonchev–Trinajstić information content (AvgIpc) is 3.04. The first-order valence-corrected chi connectivity index (χ1v) is 9.64. The Hall–Kier alpha value is -2.12. The molecule has 0 atom stereocenters. The summed E-state index contributed by atoms with van der Waals surface area (Å²) in [7, 11) is 4.04. The van der Waals surface area contributed by atoms with E-state index in [1.54, 1.807) is 6.07 Å². The number of aromatic nitrogens is 3. The third kappa shape index (κ3) is 5.43. The topological polar surface area (TPSA) is 66.3 Å². The Morgan fingerprint density at radius 1 is 1.33 bits per heavy atom. The Balaban J connectivity index is 1.48. The van der Waals surface area contributed by atoms with Crippen LogP contribution in [0.5, 0.6) is 0 Å². The third-order valence-corrected chi connectivity index (χ3v) is 5.08. The quantitative estimate of drug-likeness (QED) is 0.851. The Labute approximate surface area is 165 Å². The normalized spacial score (nSPS) is 15.4. The summed E-state index contributed by atoms with van der Waals surface area (Å²) in [6.07, 6.45) is 3.95. The minimum Gasteiger partial charge on any atom is -0.325 e. The number of carbonyl (C=O) groups excluding carboxylic acids is 1. The van der Waals surface area contributed by atoms with E-state index in [2.05, 4.69) is 20.5 Å². The van der Waals surface area contributed by atoms with Gasteiger partial charge in [-0.25, -0.2) is 4.79 Å². The van der Waals surface area contributed by atoms with Crippen LogP contribution < -0.4 is 5.32 Å². The molecule has 1 aliphatic heterocycles.